The summed E-state index contributed by atoms with van der Waals surface area (Å²) in [5.41, 5.74) is 2.25. The van der Waals surface area contributed by atoms with E-state index in [4.69, 9.17) is 11.6 Å². The van der Waals surface area contributed by atoms with Crippen LogP contribution in [0.2, 0.25) is 5.02 Å². The van der Waals surface area contributed by atoms with Crippen molar-refractivity contribution in [2.45, 2.75) is 19.4 Å². The Morgan fingerprint density at radius 3 is 2.80 bits per heavy atom. The molecule has 0 saturated carbocycles. The Labute approximate surface area is 105 Å². The minimum absolute atomic E-state index is 0.229. The van der Waals surface area contributed by atoms with Crippen molar-refractivity contribution in [2.75, 3.05) is 7.05 Å². The molecule has 1 N–H and O–H groups in total. The first-order chi connectivity index (χ1) is 7.06. The molecule has 0 bridgehead atoms. The van der Waals surface area contributed by atoms with E-state index in [1.54, 1.807) is 0 Å². The Morgan fingerprint density at radius 1 is 1.60 bits per heavy atom. The maximum atomic E-state index is 6.23. The molecule has 1 aromatic carbocycles. The summed E-state index contributed by atoms with van der Waals surface area (Å²) < 4.78 is 0.934. The predicted molar refractivity (Wildman–Crippen MR) is 70.4 cm³/mol. The molecular weight excluding hydrogens is 273 g/mol. The number of hydrogen-bond donors (Lipinski definition) is 1. The number of hydrogen-bond acceptors (Lipinski definition) is 1. The summed E-state index contributed by atoms with van der Waals surface area (Å²) >= 11 is 9.66. The predicted octanol–water partition coefficient (Wildman–Crippen LogP) is 4.33. The van der Waals surface area contributed by atoms with Gasteiger partial charge < -0.3 is 5.32 Å². The van der Waals surface area contributed by atoms with Gasteiger partial charge in [-0.1, -0.05) is 29.3 Å². The summed E-state index contributed by atoms with van der Waals surface area (Å²) in [5.74, 6) is 0. The molecule has 0 amide bonds. The highest BCUT2D eigenvalue weighted by Gasteiger charge is 2.14. The van der Waals surface area contributed by atoms with Crippen molar-refractivity contribution >= 4 is 27.5 Å². The van der Waals surface area contributed by atoms with Gasteiger partial charge in [0.15, 0.2) is 0 Å². The summed E-state index contributed by atoms with van der Waals surface area (Å²) in [5, 5.41) is 4.03. The third-order valence-electron chi connectivity index (χ3n) is 2.26. The molecule has 1 atom stereocenters. The van der Waals surface area contributed by atoms with Crippen LogP contribution >= 0.6 is 27.5 Å². The highest BCUT2D eigenvalue weighted by Crippen LogP contribution is 2.32. The molecule has 15 heavy (non-hydrogen) atoms. The number of halogens is 2. The lowest BCUT2D eigenvalue weighted by Gasteiger charge is -2.18. The minimum atomic E-state index is 0.229. The van der Waals surface area contributed by atoms with Crippen LogP contribution in [0.1, 0.15) is 24.9 Å². The molecular formula is C12H15BrClN. The van der Waals surface area contributed by atoms with Gasteiger partial charge in [0.2, 0.25) is 0 Å². The zero-order valence-electron chi connectivity index (χ0n) is 8.98. The van der Waals surface area contributed by atoms with E-state index in [1.165, 1.54) is 0 Å². The molecule has 3 heteroatoms. The van der Waals surface area contributed by atoms with Crippen LogP contribution in [0.15, 0.2) is 34.8 Å². The molecule has 0 aliphatic rings. The molecule has 0 radical (unpaired) electrons. The van der Waals surface area contributed by atoms with Crippen LogP contribution < -0.4 is 5.32 Å². The van der Waals surface area contributed by atoms with E-state index in [9.17, 15) is 0 Å². The van der Waals surface area contributed by atoms with Gasteiger partial charge in [-0.25, -0.2) is 0 Å². The van der Waals surface area contributed by atoms with Crippen LogP contribution in [-0.4, -0.2) is 7.05 Å². The molecule has 0 saturated heterocycles. The van der Waals surface area contributed by atoms with Crippen molar-refractivity contribution in [3.63, 3.8) is 0 Å². The fourth-order valence-corrected chi connectivity index (χ4v) is 2.14. The number of nitrogens with one attached hydrogen (secondary N) is 1. The Morgan fingerprint density at radius 2 is 2.27 bits per heavy atom. The summed E-state index contributed by atoms with van der Waals surface area (Å²) in [7, 11) is 1.94. The summed E-state index contributed by atoms with van der Waals surface area (Å²) in [6.45, 7) is 5.95. The van der Waals surface area contributed by atoms with Gasteiger partial charge in [-0.15, -0.1) is 6.58 Å². The van der Waals surface area contributed by atoms with Crippen molar-refractivity contribution in [1.82, 2.24) is 5.32 Å². The third-order valence-corrected chi connectivity index (χ3v) is 3.57. The highest BCUT2D eigenvalue weighted by atomic mass is 79.9. The molecule has 0 fully saturated rings. The number of rotatable bonds is 4. The second-order valence-corrected chi connectivity index (χ2v) is 4.88. The second kappa shape index (κ2) is 5.69. The van der Waals surface area contributed by atoms with Crippen LogP contribution in [0.3, 0.4) is 0 Å². The average molecular weight is 289 g/mol. The molecule has 0 aromatic heterocycles. The van der Waals surface area contributed by atoms with E-state index in [0.717, 1.165) is 27.1 Å². The molecule has 1 rings (SSSR count). The molecule has 0 aliphatic heterocycles. The van der Waals surface area contributed by atoms with Crippen LogP contribution in [0.4, 0.5) is 0 Å². The normalized spacial score (nSPS) is 12.5. The Balaban J connectivity index is 3.01. The maximum absolute atomic E-state index is 6.23. The van der Waals surface area contributed by atoms with Gasteiger partial charge in [0.1, 0.15) is 0 Å². The van der Waals surface area contributed by atoms with Gasteiger partial charge in [0.25, 0.3) is 0 Å². The lowest BCUT2D eigenvalue weighted by atomic mass is 10.0. The largest absolute Gasteiger partial charge is 0.313 e. The van der Waals surface area contributed by atoms with E-state index in [1.807, 2.05) is 32.2 Å². The average Bonchev–Trinajstić information content (AvgIpc) is 2.19. The van der Waals surface area contributed by atoms with Gasteiger partial charge in [0.05, 0.1) is 5.02 Å². The Hall–Kier alpha value is -0.310. The first-order valence-corrected chi connectivity index (χ1v) is 5.99. The third kappa shape index (κ3) is 3.33. The highest BCUT2D eigenvalue weighted by molar-refractivity contribution is 9.10. The van der Waals surface area contributed by atoms with Crippen LogP contribution in [0.5, 0.6) is 0 Å². The molecule has 1 unspecified atom stereocenters. The van der Waals surface area contributed by atoms with Gasteiger partial charge in [-0.2, -0.15) is 0 Å². The summed E-state index contributed by atoms with van der Waals surface area (Å²) in [6, 6.07) is 6.21. The summed E-state index contributed by atoms with van der Waals surface area (Å²) in [6.07, 6.45) is 0.896. The number of benzene rings is 1. The van der Waals surface area contributed by atoms with E-state index in [0.29, 0.717) is 0 Å². The van der Waals surface area contributed by atoms with Crippen LogP contribution in [0, 0.1) is 0 Å². The zero-order valence-corrected chi connectivity index (χ0v) is 11.3. The fraction of sp³-hybridized carbons (Fsp3) is 0.333. The minimum Gasteiger partial charge on any atom is -0.313 e. The van der Waals surface area contributed by atoms with Crippen molar-refractivity contribution in [2.24, 2.45) is 0 Å². The Kier molecular flexibility index (Phi) is 4.84. The maximum Gasteiger partial charge on any atom is 0.0595 e. The van der Waals surface area contributed by atoms with E-state index >= 15 is 0 Å². The van der Waals surface area contributed by atoms with Crippen molar-refractivity contribution in [3.05, 3.63) is 45.4 Å². The monoisotopic (exact) mass is 287 g/mol. The lowest BCUT2D eigenvalue weighted by molar-refractivity contribution is 0.590. The van der Waals surface area contributed by atoms with Crippen molar-refractivity contribution in [1.29, 1.82) is 0 Å². The molecule has 82 valence electrons. The second-order valence-electron chi connectivity index (χ2n) is 3.65. The Bertz CT molecular complexity index is 363. The van der Waals surface area contributed by atoms with Gasteiger partial charge >= 0.3 is 0 Å². The fourth-order valence-electron chi connectivity index (χ4n) is 1.51. The molecule has 0 aliphatic carbocycles. The van der Waals surface area contributed by atoms with E-state index < -0.39 is 0 Å². The van der Waals surface area contributed by atoms with Crippen LogP contribution in [-0.2, 0) is 0 Å². The van der Waals surface area contributed by atoms with Gasteiger partial charge in [0, 0.05) is 10.5 Å². The summed E-state index contributed by atoms with van der Waals surface area (Å²) in [4.78, 5) is 0. The first-order valence-electron chi connectivity index (χ1n) is 4.81. The SMILES string of the molecule is C=C(C)CC(NC)c1cccc(Br)c1Cl. The molecule has 1 nitrogen and oxygen atoms in total. The first kappa shape index (κ1) is 12.8. The van der Waals surface area contributed by atoms with Gasteiger partial charge in [-0.05, 0) is 48.0 Å². The molecule has 1 aromatic rings. The zero-order chi connectivity index (χ0) is 11.4. The molecule has 0 spiro atoms. The quantitative estimate of drug-likeness (QED) is 0.813. The lowest BCUT2D eigenvalue weighted by Crippen LogP contribution is -2.17. The topological polar surface area (TPSA) is 12.0 Å². The molecule has 0 heterocycles. The van der Waals surface area contributed by atoms with Gasteiger partial charge in [-0.3, -0.25) is 0 Å². The van der Waals surface area contributed by atoms with Crippen molar-refractivity contribution < 1.29 is 0 Å². The standard InChI is InChI=1S/C12H15BrClN/c1-8(2)7-11(15-3)9-5-4-6-10(13)12(9)14/h4-6,11,15H,1,7H2,2-3H3. The van der Waals surface area contributed by atoms with E-state index in [2.05, 4.69) is 27.8 Å². The van der Waals surface area contributed by atoms with Crippen LogP contribution in [0.25, 0.3) is 0 Å². The van der Waals surface area contributed by atoms with E-state index in [-0.39, 0.29) is 6.04 Å². The van der Waals surface area contributed by atoms with Crippen molar-refractivity contribution in [3.8, 4) is 0 Å². The smallest absolute Gasteiger partial charge is 0.0595 e.